The van der Waals surface area contributed by atoms with E-state index in [1.807, 2.05) is 0 Å². The van der Waals surface area contributed by atoms with Crippen molar-refractivity contribution >= 4 is 17.3 Å². The number of aliphatic hydroxyl groups excluding tert-OH is 1. The van der Waals surface area contributed by atoms with Crippen LogP contribution in [-0.4, -0.2) is 59.5 Å². The van der Waals surface area contributed by atoms with Crippen LogP contribution in [0, 0.1) is 10.1 Å². The normalized spacial score (nSPS) is 19.3. The maximum Gasteiger partial charge on any atom is 0.353 e. The number of morpholine rings is 1. The third-order valence-corrected chi connectivity index (χ3v) is 2.86. The molecule has 1 aliphatic rings. The van der Waals surface area contributed by atoms with Crippen molar-refractivity contribution in [1.82, 2.24) is 9.97 Å². The molecule has 0 radical (unpaired) electrons. The maximum atomic E-state index is 11.2. The third-order valence-electron chi connectivity index (χ3n) is 2.86. The van der Waals surface area contributed by atoms with Crippen LogP contribution >= 0.6 is 0 Å². The van der Waals surface area contributed by atoms with E-state index in [0.717, 1.165) is 0 Å². The Morgan fingerprint density at radius 3 is 3.11 bits per heavy atom. The zero-order chi connectivity index (χ0) is 13.8. The SMILES string of the molecule is CNc1ncnc(N2CCOC(CO)C2)c1[N+](=O)[O-]. The number of nitrogens with zero attached hydrogens (tertiary/aromatic N) is 4. The van der Waals surface area contributed by atoms with Gasteiger partial charge in [-0.2, -0.15) is 0 Å². The Balaban J connectivity index is 2.35. The summed E-state index contributed by atoms with van der Waals surface area (Å²) in [5.41, 5.74) is -0.163. The van der Waals surface area contributed by atoms with E-state index in [4.69, 9.17) is 9.84 Å². The molecule has 9 nitrogen and oxygen atoms in total. The summed E-state index contributed by atoms with van der Waals surface area (Å²) in [5.74, 6) is 0.410. The zero-order valence-corrected chi connectivity index (χ0v) is 10.4. The third kappa shape index (κ3) is 2.71. The molecule has 2 N–H and O–H groups in total. The highest BCUT2D eigenvalue weighted by atomic mass is 16.6. The molecule has 1 saturated heterocycles. The number of hydrogen-bond donors (Lipinski definition) is 2. The first kappa shape index (κ1) is 13.4. The number of nitrogens with one attached hydrogen (secondary N) is 1. The molecular formula is C10H15N5O4. The number of aliphatic hydroxyl groups is 1. The van der Waals surface area contributed by atoms with Crippen molar-refractivity contribution < 1.29 is 14.8 Å². The van der Waals surface area contributed by atoms with Gasteiger partial charge in [0, 0.05) is 20.1 Å². The van der Waals surface area contributed by atoms with Crippen LogP contribution in [0.5, 0.6) is 0 Å². The summed E-state index contributed by atoms with van der Waals surface area (Å²) < 4.78 is 5.32. The van der Waals surface area contributed by atoms with Gasteiger partial charge in [-0.15, -0.1) is 0 Å². The van der Waals surface area contributed by atoms with Gasteiger partial charge >= 0.3 is 5.69 Å². The van der Waals surface area contributed by atoms with Crippen LogP contribution in [0.4, 0.5) is 17.3 Å². The Morgan fingerprint density at radius 2 is 2.47 bits per heavy atom. The van der Waals surface area contributed by atoms with E-state index in [0.29, 0.717) is 19.7 Å². The van der Waals surface area contributed by atoms with Gasteiger partial charge in [0.1, 0.15) is 6.33 Å². The zero-order valence-electron chi connectivity index (χ0n) is 10.4. The average Bonchev–Trinajstić information content (AvgIpc) is 2.46. The minimum atomic E-state index is -0.509. The second kappa shape index (κ2) is 5.76. The van der Waals surface area contributed by atoms with Crippen LogP contribution in [-0.2, 0) is 4.74 Å². The molecule has 0 saturated carbocycles. The Hall–Kier alpha value is -2.00. The summed E-state index contributed by atoms with van der Waals surface area (Å²) >= 11 is 0. The first-order valence-electron chi connectivity index (χ1n) is 5.82. The molecule has 0 bridgehead atoms. The van der Waals surface area contributed by atoms with Gasteiger partial charge in [-0.3, -0.25) is 10.1 Å². The molecule has 104 valence electrons. The molecule has 1 atom stereocenters. The van der Waals surface area contributed by atoms with Crippen LogP contribution in [0.15, 0.2) is 6.33 Å². The number of ether oxygens (including phenoxy) is 1. The number of nitro groups is 1. The number of hydrogen-bond acceptors (Lipinski definition) is 8. The van der Waals surface area contributed by atoms with E-state index < -0.39 is 4.92 Å². The van der Waals surface area contributed by atoms with Gasteiger partial charge in [0.2, 0.25) is 11.6 Å². The summed E-state index contributed by atoms with van der Waals surface area (Å²) in [5, 5.41) is 23.0. The molecule has 19 heavy (non-hydrogen) atoms. The van der Waals surface area contributed by atoms with E-state index in [9.17, 15) is 10.1 Å². The second-order valence-electron chi connectivity index (χ2n) is 4.02. The second-order valence-corrected chi connectivity index (χ2v) is 4.02. The quantitative estimate of drug-likeness (QED) is 0.562. The summed E-state index contributed by atoms with van der Waals surface area (Å²) in [6, 6.07) is 0. The number of rotatable bonds is 4. The van der Waals surface area contributed by atoms with Gasteiger partial charge < -0.3 is 20.1 Å². The molecule has 1 aromatic rings. The summed E-state index contributed by atoms with van der Waals surface area (Å²) in [7, 11) is 1.56. The minimum absolute atomic E-state index is 0.131. The fraction of sp³-hybridized carbons (Fsp3) is 0.600. The Kier molecular flexibility index (Phi) is 4.07. The standard InChI is InChI=1S/C10H15N5O4/c1-11-9-8(15(17)18)10(13-6-12-9)14-2-3-19-7(4-14)5-16/h6-7,16H,2-5H2,1H3,(H,11,12,13). The lowest BCUT2D eigenvalue weighted by molar-refractivity contribution is -0.383. The van der Waals surface area contributed by atoms with Gasteiger partial charge in [0.15, 0.2) is 0 Å². The maximum absolute atomic E-state index is 11.2. The molecular weight excluding hydrogens is 254 g/mol. The molecule has 2 rings (SSSR count). The van der Waals surface area contributed by atoms with Crippen LogP contribution in [0.25, 0.3) is 0 Å². The molecule has 0 aromatic carbocycles. The van der Waals surface area contributed by atoms with E-state index in [-0.39, 0.29) is 30.0 Å². The lowest BCUT2D eigenvalue weighted by atomic mass is 10.2. The first-order valence-corrected chi connectivity index (χ1v) is 5.82. The largest absolute Gasteiger partial charge is 0.394 e. The minimum Gasteiger partial charge on any atom is -0.394 e. The van der Waals surface area contributed by atoms with Crippen LogP contribution in [0.2, 0.25) is 0 Å². The van der Waals surface area contributed by atoms with Crippen molar-refractivity contribution in [1.29, 1.82) is 0 Å². The smallest absolute Gasteiger partial charge is 0.353 e. The highest BCUT2D eigenvalue weighted by Crippen LogP contribution is 2.32. The van der Waals surface area contributed by atoms with E-state index in [1.54, 1.807) is 11.9 Å². The lowest BCUT2D eigenvalue weighted by Crippen LogP contribution is -2.44. The molecule has 2 heterocycles. The monoisotopic (exact) mass is 269 g/mol. The Bertz CT molecular complexity index is 469. The van der Waals surface area contributed by atoms with E-state index in [2.05, 4.69) is 15.3 Å². The molecule has 1 unspecified atom stereocenters. The van der Waals surface area contributed by atoms with Gasteiger partial charge in [0.05, 0.1) is 24.2 Å². The Morgan fingerprint density at radius 1 is 1.68 bits per heavy atom. The molecule has 1 aliphatic heterocycles. The van der Waals surface area contributed by atoms with Crippen molar-refractivity contribution in [2.45, 2.75) is 6.10 Å². The van der Waals surface area contributed by atoms with Crippen LogP contribution in [0.3, 0.4) is 0 Å². The average molecular weight is 269 g/mol. The van der Waals surface area contributed by atoms with Crippen molar-refractivity contribution in [2.24, 2.45) is 0 Å². The highest BCUT2D eigenvalue weighted by Gasteiger charge is 2.30. The van der Waals surface area contributed by atoms with Crippen molar-refractivity contribution in [2.75, 3.05) is 43.6 Å². The summed E-state index contributed by atoms with van der Waals surface area (Å²) in [6.07, 6.45) is 0.916. The number of anilines is 2. The first-order chi connectivity index (χ1) is 9.17. The predicted molar refractivity (Wildman–Crippen MR) is 67.3 cm³/mol. The fourth-order valence-electron chi connectivity index (χ4n) is 1.97. The van der Waals surface area contributed by atoms with Gasteiger partial charge in [-0.05, 0) is 0 Å². The summed E-state index contributed by atoms with van der Waals surface area (Å²) in [4.78, 5) is 20.2. The molecule has 1 aromatic heterocycles. The van der Waals surface area contributed by atoms with Gasteiger partial charge in [0.25, 0.3) is 0 Å². The summed E-state index contributed by atoms with van der Waals surface area (Å²) in [6.45, 7) is 1.10. The van der Waals surface area contributed by atoms with Crippen LogP contribution < -0.4 is 10.2 Å². The molecule has 0 amide bonds. The predicted octanol–water partition coefficient (Wildman–Crippen LogP) is -0.376. The Labute approximate surface area is 109 Å². The van der Waals surface area contributed by atoms with E-state index >= 15 is 0 Å². The van der Waals surface area contributed by atoms with Gasteiger partial charge in [-0.25, -0.2) is 9.97 Å². The highest BCUT2D eigenvalue weighted by molar-refractivity contribution is 5.70. The van der Waals surface area contributed by atoms with Crippen molar-refractivity contribution in [3.05, 3.63) is 16.4 Å². The molecule has 0 aliphatic carbocycles. The number of aromatic nitrogens is 2. The van der Waals surface area contributed by atoms with Gasteiger partial charge in [-0.1, -0.05) is 0 Å². The van der Waals surface area contributed by atoms with Crippen LogP contribution in [0.1, 0.15) is 0 Å². The molecule has 1 fully saturated rings. The molecule has 9 heteroatoms. The lowest BCUT2D eigenvalue weighted by Gasteiger charge is -2.32. The van der Waals surface area contributed by atoms with Crippen molar-refractivity contribution in [3.63, 3.8) is 0 Å². The molecule has 0 spiro atoms. The van der Waals surface area contributed by atoms with E-state index in [1.165, 1.54) is 6.33 Å². The fourth-order valence-corrected chi connectivity index (χ4v) is 1.97. The topological polar surface area (TPSA) is 114 Å². The van der Waals surface area contributed by atoms with Crippen molar-refractivity contribution in [3.8, 4) is 0 Å².